The molecule has 3 nitrogen and oxygen atoms in total. The van der Waals surface area contributed by atoms with Crippen molar-refractivity contribution in [1.29, 1.82) is 0 Å². The van der Waals surface area contributed by atoms with Crippen molar-refractivity contribution in [1.82, 2.24) is 10.2 Å². The standard InChI is InChI=1S/C19H32N2O/c1-5-7-8-14(6-2)19-16(11-12-21(3)4)17-13-15(22)9-10-18(17)20-19/h9,13-14,18,20,22H,5-8,10-12H2,1-4H3/t14?,18-/m0/s1. The van der Waals surface area contributed by atoms with Crippen LogP contribution in [-0.4, -0.2) is 36.7 Å². The third kappa shape index (κ3) is 3.95. The molecule has 0 spiro atoms. The molecule has 3 heteroatoms. The Labute approximate surface area is 135 Å². The van der Waals surface area contributed by atoms with E-state index in [1.807, 2.05) is 12.2 Å². The van der Waals surface area contributed by atoms with Crippen molar-refractivity contribution in [3.05, 3.63) is 34.8 Å². The van der Waals surface area contributed by atoms with Crippen LogP contribution in [0.15, 0.2) is 34.8 Å². The van der Waals surface area contributed by atoms with Gasteiger partial charge in [0, 0.05) is 12.2 Å². The Morgan fingerprint density at radius 3 is 2.77 bits per heavy atom. The minimum Gasteiger partial charge on any atom is -0.508 e. The van der Waals surface area contributed by atoms with Crippen LogP contribution in [-0.2, 0) is 0 Å². The second kappa shape index (κ2) is 7.87. The molecule has 2 atom stereocenters. The van der Waals surface area contributed by atoms with E-state index >= 15 is 0 Å². The van der Waals surface area contributed by atoms with E-state index in [0.29, 0.717) is 17.7 Å². The first kappa shape index (κ1) is 17.1. The van der Waals surface area contributed by atoms with E-state index in [1.165, 1.54) is 42.5 Å². The van der Waals surface area contributed by atoms with E-state index in [0.717, 1.165) is 19.4 Å². The van der Waals surface area contributed by atoms with Crippen LogP contribution in [0.5, 0.6) is 0 Å². The molecule has 0 saturated carbocycles. The number of hydrogen-bond acceptors (Lipinski definition) is 3. The van der Waals surface area contributed by atoms with E-state index in [-0.39, 0.29) is 0 Å². The summed E-state index contributed by atoms with van der Waals surface area (Å²) in [5.74, 6) is 1.06. The number of rotatable bonds is 8. The van der Waals surface area contributed by atoms with Crippen molar-refractivity contribution in [2.24, 2.45) is 5.92 Å². The number of nitrogens with one attached hydrogen (secondary N) is 1. The summed E-state index contributed by atoms with van der Waals surface area (Å²) in [5, 5.41) is 13.7. The highest BCUT2D eigenvalue weighted by atomic mass is 16.3. The normalized spacial score (nSPS) is 22.3. The zero-order valence-electron chi connectivity index (χ0n) is 14.7. The van der Waals surface area contributed by atoms with Crippen LogP contribution in [0.25, 0.3) is 0 Å². The van der Waals surface area contributed by atoms with Crippen LogP contribution in [0.3, 0.4) is 0 Å². The molecule has 1 unspecified atom stereocenters. The second-order valence-electron chi connectivity index (χ2n) is 6.85. The maximum atomic E-state index is 9.90. The number of hydrogen-bond donors (Lipinski definition) is 2. The minimum absolute atomic E-state index is 0.374. The molecule has 2 rings (SSSR count). The van der Waals surface area contributed by atoms with Crippen LogP contribution in [0, 0.1) is 5.92 Å². The van der Waals surface area contributed by atoms with E-state index < -0.39 is 0 Å². The summed E-state index contributed by atoms with van der Waals surface area (Å²) in [6.45, 7) is 5.62. The van der Waals surface area contributed by atoms with E-state index in [9.17, 15) is 5.11 Å². The molecule has 0 aromatic carbocycles. The van der Waals surface area contributed by atoms with Crippen LogP contribution in [0.1, 0.15) is 52.4 Å². The molecule has 0 fully saturated rings. The predicted molar refractivity (Wildman–Crippen MR) is 93.8 cm³/mol. The molecular formula is C19H32N2O. The fourth-order valence-electron chi connectivity index (χ4n) is 3.53. The SMILES string of the molecule is CCCCC(CC)C1=C(CCN(C)C)C2=CC(O)=CC[C@@H]2N1. The van der Waals surface area contributed by atoms with Gasteiger partial charge in [0.1, 0.15) is 5.76 Å². The van der Waals surface area contributed by atoms with Crippen molar-refractivity contribution in [2.45, 2.75) is 58.4 Å². The Balaban J connectivity index is 2.27. The number of allylic oxidation sites excluding steroid dienone is 2. The van der Waals surface area contributed by atoms with Crippen molar-refractivity contribution < 1.29 is 5.11 Å². The van der Waals surface area contributed by atoms with E-state index in [1.54, 1.807) is 0 Å². The van der Waals surface area contributed by atoms with Crippen LogP contribution >= 0.6 is 0 Å². The smallest absolute Gasteiger partial charge is 0.112 e. The molecule has 1 heterocycles. The van der Waals surface area contributed by atoms with Crippen LogP contribution in [0.2, 0.25) is 0 Å². The topological polar surface area (TPSA) is 35.5 Å². The fraction of sp³-hybridized carbons (Fsp3) is 0.684. The Kier molecular flexibility index (Phi) is 6.13. The second-order valence-corrected chi connectivity index (χ2v) is 6.85. The molecule has 1 aliphatic carbocycles. The number of unbranched alkanes of at least 4 members (excludes halogenated alkanes) is 1. The molecule has 124 valence electrons. The summed E-state index contributed by atoms with van der Waals surface area (Å²) >= 11 is 0. The van der Waals surface area contributed by atoms with Gasteiger partial charge in [-0.3, -0.25) is 0 Å². The van der Waals surface area contributed by atoms with Gasteiger partial charge in [0.15, 0.2) is 0 Å². The number of aliphatic hydroxyl groups excluding tert-OH is 1. The summed E-state index contributed by atoms with van der Waals surface area (Å²) in [6, 6.07) is 0.374. The molecule has 0 aromatic heterocycles. The van der Waals surface area contributed by atoms with Gasteiger partial charge in [-0.1, -0.05) is 26.7 Å². The number of fused-ring (bicyclic) bond motifs is 1. The van der Waals surface area contributed by atoms with E-state index in [4.69, 9.17) is 0 Å². The minimum atomic E-state index is 0.374. The van der Waals surface area contributed by atoms with Gasteiger partial charge in [-0.25, -0.2) is 0 Å². The lowest BCUT2D eigenvalue weighted by Gasteiger charge is -2.20. The number of aliphatic hydroxyl groups is 1. The summed E-state index contributed by atoms with van der Waals surface area (Å²) in [7, 11) is 4.25. The molecule has 22 heavy (non-hydrogen) atoms. The van der Waals surface area contributed by atoms with Gasteiger partial charge < -0.3 is 15.3 Å². The molecule has 1 aliphatic heterocycles. The van der Waals surface area contributed by atoms with E-state index in [2.05, 4.69) is 38.2 Å². The lowest BCUT2D eigenvalue weighted by molar-refractivity contribution is 0.411. The van der Waals surface area contributed by atoms with Gasteiger partial charge in [0.25, 0.3) is 0 Å². The maximum Gasteiger partial charge on any atom is 0.112 e. The lowest BCUT2D eigenvalue weighted by atomic mass is 9.89. The molecule has 0 radical (unpaired) electrons. The first-order valence-corrected chi connectivity index (χ1v) is 8.82. The summed E-state index contributed by atoms with van der Waals surface area (Å²) in [4.78, 5) is 2.24. The zero-order valence-corrected chi connectivity index (χ0v) is 14.7. The quantitative estimate of drug-likeness (QED) is 0.707. The fourth-order valence-corrected chi connectivity index (χ4v) is 3.53. The average molecular weight is 304 g/mol. The first-order valence-electron chi connectivity index (χ1n) is 8.82. The first-order chi connectivity index (χ1) is 10.6. The largest absolute Gasteiger partial charge is 0.508 e. The Hall–Kier alpha value is -1.22. The van der Waals surface area contributed by atoms with Gasteiger partial charge in [-0.15, -0.1) is 0 Å². The molecule has 0 amide bonds. The van der Waals surface area contributed by atoms with Crippen LogP contribution < -0.4 is 5.32 Å². The zero-order chi connectivity index (χ0) is 16.1. The summed E-state index contributed by atoms with van der Waals surface area (Å²) < 4.78 is 0. The summed E-state index contributed by atoms with van der Waals surface area (Å²) in [5.41, 5.74) is 4.24. The van der Waals surface area contributed by atoms with Gasteiger partial charge >= 0.3 is 0 Å². The molecule has 0 aromatic rings. The molecule has 0 saturated heterocycles. The summed E-state index contributed by atoms with van der Waals surface area (Å²) in [6.07, 6.45) is 10.9. The Morgan fingerprint density at radius 2 is 2.14 bits per heavy atom. The Morgan fingerprint density at radius 1 is 1.36 bits per heavy atom. The predicted octanol–water partition coefficient (Wildman–Crippen LogP) is 4.15. The highest BCUT2D eigenvalue weighted by molar-refractivity contribution is 5.50. The van der Waals surface area contributed by atoms with Crippen molar-refractivity contribution in [3.8, 4) is 0 Å². The van der Waals surface area contributed by atoms with Crippen molar-refractivity contribution in [2.75, 3.05) is 20.6 Å². The monoisotopic (exact) mass is 304 g/mol. The molecule has 2 N–H and O–H groups in total. The molecule has 2 aliphatic rings. The highest BCUT2D eigenvalue weighted by Gasteiger charge is 2.32. The lowest BCUT2D eigenvalue weighted by Crippen LogP contribution is -2.27. The van der Waals surface area contributed by atoms with Gasteiger partial charge in [0.05, 0.1) is 6.04 Å². The Bertz CT molecular complexity index is 474. The third-order valence-electron chi connectivity index (χ3n) is 4.86. The van der Waals surface area contributed by atoms with Gasteiger partial charge in [0.2, 0.25) is 0 Å². The van der Waals surface area contributed by atoms with Crippen molar-refractivity contribution in [3.63, 3.8) is 0 Å². The molecule has 0 bridgehead atoms. The third-order valence-corrected chi connectivity index (χ3v) is 4.86. The molecular weight excluding hydrogens is 272 g/mol. The average Bonchev–Trinajstić information content (AvgIpc) is 2.83. The van der Waals surface area contributed by atoms with Crippen LogP contribution in [0.4, 0.5) is 0 Å². The highest BCUT2D eigenvalue weighted by Crippen LogP contribution is 2.38. The van der Waals surface area contributed by atoms with Crippen molar-refractivity contribution >= 4 is 0 Å². The number of nitrogens with zero attached hydrogens (tertiary/aromatic N) is 1. The van der Waals surface area contributed by atoms with Gasteiger partial charge in [-0.05, 0) is 69.0 Å². The van der Waals surface area contributed by atoms with Gasteiger partial charge in [-0.2, -0.15) is 0 Å². The maximum absolute atomic E-state index is 9.90.